The van der Waals surface area contributed by atoms with Gasteiger partial charge in [0.1, 0.15) is 5.75 Å². The normalized spacial score (nSPS) is 15.8. The molecule has 0 saturated heterocycles. The van der Waals surface area contributed by atoms with Gasteiger partial charge in [-0.3, -0.25) is 4.79 Å². The van der Waals surface area contributed by atoms with Crippen LogP contribution >= 0.6 is 0 Å². The maximum atomic E-state index is 14.3. The molecule has 1 amide bonds. The Labute approximate surface area is 261 Å². The number of hydrogen-bond donors (Lipinski definition) is 1. The van der Waals surface area contributed by atoms with Gasteiger partial charge in [-0.05, 0) is 97.3 Å². The molecule has 1 aliphatic heterocycles. The number of carbonyl (C=O) groups excluding carboxylic acids is 1. The van der Waals surface area contributed by atoms with Gasteiger partial charge in [0.2, 0.25) is 10.0 Å². The molecule has 1 N–H and O–H groups in total. The van der Waals surface area contributed by atoms with Crippen LogP contribution < -0.4 is 9.46 Å². The number of rotatable bonds is 6. The van der Waals surface area contributed by atoms with Crippen LogP contribution in [0.1, 0.15) is 84.5 Å². The van der Waals surface area contributed by atoms with Crippen molar-refractivity contribution in [1.29, 1.82) is 0 Å². The lowest BCUT2D eigenvalue weighted by atomic mass is 9.81. The average Bonchev–Trinajstić information content (AvgIpc) is 3.23. The highest BCUT2D eigenvalue weighted by Crippen LogP contribution is 2.48. The number of carbonyl (C=O) groups is 1. The SMILES string of the molecule is COc1ccc2c(c1)C=C(c1ccccc1C(F)(F)F)Cn1c-2c(C2CCCCC2)c2ccc(C(=O)NS(=O)(=O)C(C)C)cc21. The second-order valence-corrected chi connectivity index (χ2v) is 14.3. The van der Waals surface area contributed by atoms with Gasteiger partial charge in [0.25, 0.3) is 5.91 Å². The molecular weight excluding hydrogens is 601 g/mol. The van der Waals surface area contributed by atoms with Crippen molar-refractivity contribution >= 4 is 38.5 Å². The molecule has 1 saturated carbocycles. The maximum Gasteiger partial charge on any atom is 0.416 e. The van der Waals surface area contributed by atoms with Crippen LogP contribution in [-0.4, -0.2) is 31.3 Å². The number of nitrogens with one attached hydrogen (secondary N) is 1. The van der Waals surface area contributed by atoms with E-state index >= 15 is 0 Å². The molecular formula is C35H35F3N2O4S. The summed E-state index contributed by atoms with van der Waals surface area (Å²) in [7, 11) is -2.32. The van der Waals surface area contributed by atoms with Crippen LogP contribution in [0.4, 0.5) is 13.2 Å². The Balaban J connectivity index is 1.63. The summed E-state index contributed by atoms with van der Waals surface area (Å²) in [5.74, 6) is 0.0531. The smallest absolute Gasteiger partial charge is 0.416 e. The van der Waals surface area contributed by atoms with Gasteiger partial charge >= 0.3 is 6.18 Å². The van der Waals surface area contributed by atoms with E-state index < -0.39 is 32.9 Å². The molecule has 3 aromatic carbocycles. The van der Waals surface area contributed by atoms with E-state index in [4.69, 9.17) is 4.74 Å². The largest absolute Gasteiger partial charge is 0.497 e. The molecule has 6 nitrogen and oxygen atoms in total. The summed E-state index contributed by atoms with van der Waals surface area (Å²) in [6.45, 7) is 3.08. The topological polar surface area (TPSA) is 77.4 Å². The number of ether oxygens (including phenoxy) is 1. The molecule has 0 spiro atoms. The van der Waals surface area contributed by atoms with E-state index in [2.05, 4.69) is 4.72 Å². The van der Waals surface area contributed by atoms with Gasteiger partial charge in [-0.1, -0.05) is 43.5 Å². The molecule has 6 rings (SSSR count). The number of halogens is 3. The summed E-state index contributed by atoms with van der Waals surface area (Å²) < 4.78 is 77.6. The molecule has 0 bridgehead atoms. The number of aromatic nitrogens is 1. The van der Waals surface area contributed by atoms with Crippen LogP contribution in [0.2, 0.25) is 0 Å². The molecule has 0 atom stereocenters. The fraction of sp³-hybridized carbons (Fsp3) is 0.343. The van der Waals surface area contributed by atoms with Crippen molar-refractivity contribution in [1.82, 2.24) is 9.29 Å². The van der Waals surface area contributed by atoms with E-state index in [0.29, 0.717) is 16.8 Å². The first-order valence-electron chi connectivity index (χ1n) is 15.2. The Morgan fingerprint density at radius 3 is 2.40 bits per heavy atom. The average molecular weight is 637 g/mol. The summed E-state index contributed by atoms with van der Waals surface area (Å²) in [6, 6.07) is 16.4. The molecule has 1 fully saturated rings. The summed E-state index contributed by atoms with van der Waals surface area (Å²) >= 11 is 0. The number of nitrogens with zero attached hydrogens (tertiary/aromatic N) is 1. The second-order valence-electron chi connectivity index (χ2n) is 12.1. The summed E-state index contributed by atoms with van der Waals surface area (Å²) in [6.07, 6.45) is 2.48. The number of methoxy groups -OCH3 is 1. The fourth-order valence-electron chi connectivity index (χ4n) is 6.66. The molecule has 4 aromatic rings. The third-order valence-electron chi connectivity index (χ3n) is 8.99. The van der Waals surface area contributed by atoms with Crippen molar-refractivity contribution in [3.8, 4) is 17.0 Å². The quantitative estimate of drug-likeness (QED) is 0.231. The van der Waals surface area contributed by atoms with E-state index in [0.717, 1.165) is 65.9 Å². The van der Waals surface area contributed by atoms with E-state index in [1.54, 1.807) is 31.4 Å². The Morgan fingerprint density at radius 1 is 0.978 bits per heavy atom. The van der Waals surface area contributed by atoms with Gasteiger partial charge in [-0.15, -0.1) is 0 Å². The van der Waals surface area contributed by atoms with Crippen molar-refractivity contribution in [2.24, 2.45) is 0 Å². The lowest BCUT2D eigenvalue weighted by molar-refractivity contribution is -0.137. The van der Waals surface area contributed by atoms with Crippen molar-refractivity contribution < 1.29 is 31.1 Å². The molecule has 0 unspecified atom stereocenters. The van der Waals surface area contributed by atoms with Crippen LogP contribution in [-0.2, 0) is 22.7 Å². The van der Waals surface area contributed by atoms with Crippen LogP contribution in [0.15, 0.2) is 60.7 Å². The van der Waals surface area contributed by atoms with Gasteiger partial charge in [-0.25, -0.2) is 13.1 Å². The Bertz CT molecular complexity index is 1930. The molecule has 0 radical (unpaired) electrons. The lowest BCUT2D eigenvalue weighted by Gasteiger charge is -2.24. The Morgan fingerprint density at radius 2 is 1.71 bits per heavy atom. The molecule has 2 heterocycles. The highest BCUT2D eigenvalue weighted by Gasteiger charge is 2.35. The van der Waals surface area contributed by atoms with Crippen LogP contribution in [0.25, 0.3) is 33.8 Å². The monoisotopic (exact) mass is 636 g/mol. The molecule has 1 aliphatic carbocycles. The van der Waals surface area contributed by atoms with Gasteiger partial charge in [0.05, 0.1) is 23.6 Å². The van der Waals surface area contributed by atoms with Crippen LogP contribution in [0.5, 0.6) is 5.75 Å². The summed E-state index contributed by atoms with van der Waals surface area (Å²) in [5, 5.41) is 0.106. The highest BCUT2D eigenvalue weighted by molar-refractivity contribution is 7.90. The molecule has 2 aliphatic rings. The van der Waals surface area contributed by atoms with E-state index in [1.807, 2.05) is 28.8 Å². The summed E-state index contributed by atoms with van der Waals surface area (Å²) in [5.41, 5.74) is 4.23. The standard InChI is InChI=1S/C35H35F3N2O4S/c1-21(2)45(42,43)39-34(41)23-13-15-29-31(19-23)40-20-25(27-11-7-8-12-30(27)35(36,37)38)17-24-18-26(44-3)14-16-28(24)33(40)32(29)22-9-5-4-6-10-22/h7-8,11-19,21-22H,4-6,9-10,20H2,1-3H3,(H,39,41). The highest BCUT2D eigenvalue weighted by atomic mass is 32.2. The summed E-state index contributed by atoms with van der Waals surface area (Å²) in [4.78, 5) is 13.2. The van der Waals surface area contributed by atoms with E-state index in [1.165, 1.54) is 26.0 Å². The number of sulfonamides is 1. The number of amides is 1. The van der Waals surface area contributed by atoms with Gasteiger partial charge < -0.3 is 9.30 Å². The minimum atomic E-state index is -4.57. The first-order chi connectivity index (χ1) is 21.4. The first kappa shape index (κ1) is 31.0. The minimum absolute atomic E-state index is 0.0737. The zero-order chi connectivity index (χ0) is 32.1. The number of alkyl halides is 3. The Kier molecular flexibility index (Phi) is 8.05. The Hall–Kier alpha value is -4.05. The lowest BCUT2D eigenvalue weighted by Crippen LogP contribution is -2.35. The predicted molar refractivity (Wildman–Crippen MR) is 171 cm³/mol. The predicted octanol–water partition coefficient (Wildman–Crippen LogP) is 8.41. The van der Waals surface area contributed by atoms with Crippen molar-refractivity contribution in [3.05, 3.63) is 88.5 Å². The molecule has 1 aromatic heterocycles. The number of hydrogen-bond acceptors (Lipinski definition) is 4. The zero-order valence-corrected chi connectivity index (χ0v) is 26.2. The third kappa shape index (κ3) is 5.76. The number of benzene rings is 3. The van der Waals surface area contributed by atoms with Gasteiger partial charge in [-0.2, -0.15) is 13.2 Å². The molecule has 236 valence electrons. The molecule has 45 heavy (non-hydrogen) atoms. The van der Waals surface area contributed by atoms with Crippen molar-refractivity contribution in [2.45, 2.75) is 69.8 Å². The number of allylic oxidation sites excluding steroid dienone is 1. The van der Waals surface area contributed by atoms with Gasteiger partial charge in [0.15, 0.2) is 0 Å². The van der Waals surface area contributed by atoms with Crippen molar-refractivity contribution in [3.63, 3.8) is 0 Å². The maximum absolute atomic E-state index is 14.3. The first-order valence-corrected chi connectivity index (χ1v) is 16.7. The van der Waals surface area contributed by atoms with Gasteiger partial charge in [0, 0.05) is 28.6 Å². The minimum Gasteiger partial charge on any atom is -0.497 e. The second kappa shape index (κ2) is 11.7. The third-order valence-corrected chi connectivity index (χ3v) is 10.7. The van der Waals surface area contributed by atoms with E-state index in [9.17, 15) is 26.4 Å². The fourth-order valence-corrected chi connectivity index (χ4v) is 7.27. The van der Waals surface area contributed by atoms with Crippen LogP contribution in [0, 0.1) is 0 Å². The van der Waals surface area contributed by atoms with E-state index in [-0.39, 0.29) is 23.6 Å². The van der Waals surface area contributed by atoms with Crippen LogP contribution in [0.3, 0.4) is 0 Å². The number of fused-ring (bicyclic) bond motifs is 5. The zero-order valence-electron chi connectivity index (χ0n) is 25.4. The molecule has 10 heteroatoms. The van der Waals surface area contributed by atoms with Crippen molar-refractivity contribution in [2.75, 3.05) is 7.11 Å².